The molecule has 6 aliphatic rings. The maximum absolute atomic E-state index is 14.2. The highest BCUT2D eigenvalue weighted by Crippen LogP contribution is 2.45. The summed E-state index contributed by atoms with van der Waals surface area (Å²) in [4.78, 5) is 40.0. The molecule has 8 heterocycles. The van der Waals surface area contributed by atoms with Gasteiger partial charge in [-0.1, -0.05) is 90.1 Å². The van der Waals surface area contributed by atoms with Crippen LogP contribution in [0.25, 0.3) is 56.9 Å². The molecule has 1 unspecified atom stereocenters. The average Bonchev–Trinajstić information content (AvgIpc) is 1.28. The Hall–Kier alpha value is -6.68. The van der Waals surface area contributed by atoms with E-state index < -0.39 is 11.6 Å². The van der Waals surface area contributed by atoms with Crippen molar-refractivity contribution in [3.05, 3.63) is 142 Å². The number of pyridine rings is 4. The molecule has 13 nitrogen and oxygen atoms in total. The number of aryl methyl sites for hydroxylation is 2. The molecule has 0 amide bonds. The fourth-order valence-electron chi connectivity index (χ4n) is 13.8. The van der Waals surface area contributed by atoms with Crippen molar-refractivity contribution < 1.29 is 37.3 Å². The predicted octanol–water partition coefficient (Wildman–Crippen LogP) is 17.0. The van der Waals surface area contributed by atoms with E-state index in [0.29, 0.717) is 12.0 Å². The van der Waals surface area contributed by atoms with Crippen LogP contribution in [0.3, 0.4) is 0 Å². The molecule has 0 saturated carbocycles. The first-order valence-electron chi connectivity index (χ1n) is 33.1. The summed E-state index contributed by atoms with van der Waals surface area (Å²) in [5, 5.41) is 0. The number of rotatable bonds is 13. The van der Waals surface area contributed by atoms with Gasteiger partial charge in [0.05, 0.1) is 64.7 Å². The van der Waals surface area contributed by atoms with Gasteiger partial charge in [-0.05, 0) is 213 Å². The van der Waals surface area contributed by atoms with Gasteiger partial charge in [-0.25, -0.2) is 23.5 Å². The second-order valence-electron chi connectivity index (χ2n) is 26.5. The fourth-order valence-corrected chi connectivity index (χ4v) is 13.8. The molecule has 478 valence electrons. The summed E-state index contributed by atoms with van der Waals surface area (Å²) < 4.78 is 58.1. The van der Waals surface area contributed by atoms with Gasteiger partial charge in [0.2, 0.25) is 6.08 Å². The normalized spacial score (nSPS) is 21.8. The van der Waals surface area contributed by atoms with Gasteiger partial charge in [0.15, 0.2) is 17.4 Å². The minimum Gasteiger partial charge on any atom is -0.381 e. The van der Waals surface area contributed by atoms with E-state index in [2.05, 4.69) is 112 Å². The highest BCUT2D eigenvalue weighted by atomic mass is 19.1. The minimum atomic E-state index is -0.663. The number of ether oxygens (including phenoxy) is 5. The Kier molecular flexibility index (Phi) is 21.6. The highest BCUT2D eigenvalue weighted by molar-refractivity contribution is 5.87. The summed E-state index contributed by atoms with van der Waals surface area (Å²) in [7, 11) is 4.31. The van der Waals surface area contributed by atoms with Gasteiger partial charge in [0, 0.05) is 54.9 Å². The van der Waals surface area contributed by atoms with Gasteiger partial charge in [0.1, 0.15) is 17.5 Å². The van der Waals surface area contributed by atoms with Crippen LogP contribution in [0.1, 0.15) is 190 Å². The molecule has 90 heavy (non-hydrogen) atoms. The molecule has 0 N–H and O–H groups in total. The van der Waals surface area contributed by atoms with Crippen LogP contribution >= 0.6 is 0 Å². The van der Waals surface area contributed by atoms with Gasteiger partial charge >= 0.3 is 0 Å². The number of anilines is 1. The number of benzene rings is 2. The van der Waals surface area contributed by atoms with E-state index in [1.54, 1.807) is 24.3 Å². The van der Waals surface area contributed by atoms with Crippen LogP contribution in [0.15, 0.2) is 89.9 Å². The molecule has 0 spiro atoms. The molecule has 2 aliphatic carbocycles. The topological polar surface area (TPSA) is 134 Å². The van der Waals surface area contributed by atoms with Crippen molar-refractivity contribution in [1.29, 1.82) is 0 Å². The maximum atomic E-state index is 14.2. The zero-order valence-corrected chi connectivity index (χ0v) is 55.1. The lowest BCUT2D eigenvalue weighted by molar-refractivity contribution is -0.290. The van der Waals surface area contributed by atoms with E-state index in [-0.39, 0.29) is 47.9 Å². The van der Waals surface area contributed by atoms with Crippen molar-refractivity contribution in [2.45, 2.75) is 213 Å². The first-order valence-corrected chi connectivity index (χ1v) is 33.1. The van der Waals surface area contributed by atoms with E-state index in [4.69, 9.17) is 38.6 Å². The van der Waals surface area contributed by atoms with Crippen LogP contribution in [0.4, 0.5) is 20.4 Å². The molecule has 15 heteroatoms. The first kappa shape index (κ1) is 66.2. The third kappa shape index (κ3) is 15.6. The molecule has 0 bridgehead atoms. The van der Waals surface area contributed by atoms with Gasteiger partial charge in [0.25, 0.3) is 0 Å². The van der Waals surface area contributed by atoms with Gasteiger partial charge in [-0.2, -0.15) is 0 Å². The molecule has 4 aliphatic heterocycles. The molecular formula is C75H93F2N7O6. The van der Waals surface area contributed by atoms with Crippen molar-refractivity contribution in [1.82, 2.24) is 24.8 Å². The largest absolute Gasteiger partial charge is 0.381 e. The van der Waals surface area contributed by atoms with Crippen molar-refractivity contribution in [3.8, 4) is 44.8 Å². The average molecular weight is 1230 g/mol. The number of halogens is 2. The van der Waals surface area contributed by atoms with Crippen LogP contribution in [0.5, 0.6) is 0 Å². The Labute approximate surface area is 532 Å². The number of fused-ring (bicyclic) bond motifs is 6. The maximum Gasteiger partial charge on any atom is 0.242 e. The monoisotopic (exact) mass is 1230 g/mol. The van der Waals surface area contributed by atoms with E-state index in [9.17, 15) is 13.6 Å². The Morgan fingerprint density at radius 1 is 0.622 bits per heavy atom. The number of nitrogens with zero attached hydrogens (tertiary/aromatic N) is 7. The third-order valence-electron chi connectivity index (χ3n) is 17.9. The summed E-state index contributed by atoms with van der Waals surface area (Å²) in [6, 6.07) is 21.8. The Morgan fingerprint density at radius 2 is 1.10 bits per heavy atom. The zero-order valence-electron chi connectivity index (χ0n) is 55.1. The third-order valence-corrected chi connectivity index (χ3v) is 17.9. The SMILES string of the molecule is C1CCOC1.CC[C@H]1C[C@@H](/C=C/c2c(C(C)C)nc3c(c2-c2ccc(F)cc2)CCCc2nc(N4CCCC4N(C)C)ccc2-3)OC(C)(C)O1.CC[C@H]1C[C@@H](/C=C/c2c(C(C)C)nc3c(c2-c2ccc(F)cc2)CCCc2nc(N=C=O)ccc2-3)OC(C)(C)O1. The number of aliphatic imine (C=N–C) groups is 1. The summed E-state index contributed by atoms with van der Waals surface area (Å²) >= 11 is 0. The molecule has 6 aromatic rings. The Bertz CT molecular complexity index is 3570. The number of aromatic nitrogens is 4. The van der Waals surface area contributed by atoms with Crippen molar-refractivity contribution in [2.24, 2.45) is 4.99 Å². The van der Waals surface area contributed by atoms with Gasteiger partial charge in [-0.3, -0.25) is 14.9 Å². The lowest BCUT2D eigenvalue weighted by Gasteiger charge is -2.39. The van der Waals surface area contributed by atoms with Crippen LogP contribution in [-0.2, 0) is 54.2 Å². The summed E-state index contributed by atoms with van der Waals surface area (Å²) in [6.07, 6.45) is 24.2. The lowest BCUT2D eigenvalue weighted by atomic mass is 9.86. The summed E-state index contributed by atoms with van der Waals surface area (Å²) in [5.74, 6) is -0.103. The Morgan fingerprint density at radius 3 is 1.53 bits per heavy atom. The van der Waals surface area contributed by atoms with Crippen LogP contribution in [-0.4, -0.2) is 107 Å². The molecule has 12 rings (SSSR count). The van der Waals surface area contributed by atoms with Crippen LogP contribution in [0.2, 0.25) is 0 Å². The smallest absolute Gasteiger partial charge is 0.242 e. The fraction of sp³-hybridized carbons (Fsp3) is 0.507. The predicted molar refractivity (Wildman–Crippen MR) is 355 cm³/mol. The highest BCUT2D eigenvalue weighted by Gasteiger charge is 2.37. The minimum absolute atomic E-state index is 0.0708. The van der Waals surface area contributed by atoms with Gasteiger partial charge in [-0.15, -0.1) is 4.99 Å². The van der Waals surface area contributed by atoms with Crippen molar-refractivity contribution in [2.75, 3.05) is 38.8 Å². The van der Waals surface area contributed by atoms with Crippen molar-refractivity contribution >= 4 is 29.9 Å². The second kappa shape index (κ2) is 29.3. The van der Waals surface area contributed by atoms with E-state index in [1.165, 1.54) is 37.0 Å². The molecular weight excluding hydrogens is 1130 g/mol. The van der Waals surface area contributed by atoms with E-state index >= 15 is 0 Å². The van der Waals surface area contributed by atoms with Crippen LogP contribution in [0, 0.1) is 11.6 Å². The van der Waals surface area contributed by atoms with E-state index in [1.807, 2.05) is 58.0 Å². The first-order chi connectivity index (χ1) is 43.2. The van der Waals surface area contributed by atoms with E-state index in [0.717, 1.165) is 180 Å². The Balaban J connectivity index is 0.000000184. The standard InChI is InChI=1S/C38H49FN4O2.C33H36FN3O3.C4H8O/c1-8-27-23-28(45-38(4,5)44-27)18-19-31-35(25-14-16-26(39)17-15-25)30-11-9-12-32-29(37(30)41-36(31)24(2)3)20-21-33(40-32)43-22-10-13-34(43)42(6)7;1-6-23-18-24(40-33(4,5)39-23)14-15-27-30(21-10-12-22(34)13-11-21)26-8-7-9-28-25(16-17-29(36-28)35-19-38)32(26)37-31(27)20(2)3;1-2-4-5-3-1/h14-21,24,27-28,34H,8-13,22-23H2,1-7H3;10-17,20,23-24H,6-9,18H2,1-5H3;1-4H2/b19-18+;15-14+;/t27-,28+,34?;23-,24+;/m00./s1. The van der Waals surface area contributed by atoms with Crippen LogP contribution < -0.4 is 4.90 Å². The molecule has 5 atom stereocenters. The zero-order chi connectivity index (χ0) is 63.9. The number of isocyanates is 1. The number of hydrogen-bond donors (Lipinski definition) is 0. The summed E-state index contributed by atoms with van der Waals surface area (Å²) in [5.41, 5.74) is 16.5. The molecule has 2 aromatic carbocycles. The molecule has 4 fully saturated rings. The number of carbonyl (C=O) groups excluding carboxylic acids is 1. The molecule has 0 radical (unpaired) electrons. The van der Waals surface area contributed by atoms with Gasteiger partial charge < -0.3 is 28.6 Å². The molecule has 4 saturated heterocycles. The van der Waals surface area contributed by atoms with Crippen molar-refractivity contribution in [3.63, 3.8) is 0 Å². The quantitative estimate of drug-likeness (QED) is 0.0805. The lowest BCUT2D eigenvalue weighted by Crippen LogP contribution is -2.43. The number of hydrogen-bond acceptors (Lipinski definition) is 13. The second-order valence-corrected chi connectivity index (χ2v) is 26.5. The molecule has 4 aromatic heterocycles. The summed E-state index contributed by atoms with van der Waals surface area (Å²) in [6.45, 7) is 23.9.